The lowest BCUT2D eigenvalue weighted by molar-refractivity contribution is 0.288. The van der Waals surface area contributed by atoms with Crippen LogP contribution in [0.5, 0.6) is 0 Å². The van der Waals surface area contributed by atoms with Crippen molar-refractivity contribution in [3.63, 3.8) is 0 Å². The van der Waals surface area contributed by atoms with Gasteiger partial charge < -0.3 is 15.4 Å². The van der Waals surface area contributed by atoms with Crippen LogP contribution in [0.2, 0.25) is 0 Å². The highest BCUT2D eigenvalue weighted by atomic mass is 16.2. The Morgan fingerprint density at radius 2 is 1.95 bits per heavy atom. The molecule has 2 aromatic carbocycles. The molecular weight excluding hydrogens is 260 g/mol. The molecule has 0 aliphatic carbocycles. The van der Waals surface area contributed by atoms with Gasteiger partial charge in [0.1, 0.15) is 0 Å². The third-order valence-corrected chi connectivity index (χ3v) is 3.67. The number of aliphatic hydroxyl groups is 1. The number of aromatic amines is 1. The van der Waals surface area contributed by atoms with Gasteiger partial charge in [-0.2, -0.15) is 0 Å². The van der Waals surface area contributed by atoms with E-state index in [9.17, 15) is 0 Å². The lowest BCUT2D eigenvalue weighted by atomic mass is 10.1. The fourth-order valence-electron chi connectivity index (χ4n) is 2.53. The van der Waals surface area contributed by atoms with Gasteiger partial charge in [0.25, 0.3) is 0 Å². The Hall–Kier alpha value is -2.26. The molecule has 0 aliphatic rings. The van der Waals surface area contributed by atoms with Gasteiger partial charge in [-0.3, -0.25) is 0 Å². The highest BCUT2D eigenvalue weighted by molar-refractivity contribution is 5.79. The largest absolute Gasteiger partial charge is 0.396 e. The van der Waals surface area contributed by atoms with Crippen molar-refractivity contribution in [1.29, 1.82) is 0 Å². The summed E-state index contributed by atoms with van der Waals surface area (Å²) in [6.45, 7) is 1.05. The molecule has 0 bridgehead atoms. The summed E-state index contributed by atoms with van der Waals surface area (Å²) >= 11 is 0. The van der Waals surface area contributed by atoms with Crippen LogP contribution in [0.15, 0.2) is 54.7 Å². The van der Waals surface area contributed by atoms with Crippen LogP contribution < -0.4 is 5.32 Å². The second-order valence-corrected chi connectivity index (χ2v) is 5.28. The molecule has 3 heteroatoms. The average Bonchev–Trinajstić information content (AvgIpc) is 2.99. The van der Waals surface area contributed by atoms with Crippen LogP contribution >= 0.6 is 0 Å². The molecule has 0 amide bonds. The summed E-state index contributed by atoms with van der Waals surface area (Å²) in [6.07, 6.45) is 3.69. The second kappa shape index (κ2) is 6.46. The van der Waals surface area contributed by atoms with Gasteiger partial charge in [0.15, 0.2) is 0 Å². The Balaban J connectivity index is 1.66. The van der Waals surface area contributed by atoms with Crippen molar-refractivity contribution in [2.24, 2.45) is 0 Å². The van der Waals surface area contributed by atoms with E-state index in [0.717, 1.165) is 25.1 Å². The highest BCUT2D eigenvalue weighted by Crippen LogP contribution is 2.17. The zero-order valence-corrected chi connectivity index (χ0v) is 12.0. The fourth-order valence-corrected chi connectivity index (χ4v) is 2.53. The van der Waals surface area contributed by atoms with Crippen molar-refractivity contribution in [2.75, 3.05) is 11.9 Å². The predicted molar refractivity (Wildman–Crippen MR) is 87.5 cm³/mol. The number of fused-ring (bicyclic) bond motifs is 1. The van der Waals surface area contributed by atoms with Gasteiger partial charge in [-0.05, 0) is 53.6 Å². The lowest BCUT2D eigenvalue weighted by Crippen LogP contribution is -2.00. The number of aliphatic hydroxyl groups excluding tert-OH is 1. The quantitative estimate of drug-likeness (QED) is 0.644. The Morgan fingerprint density at radius 3 is 2.86 bits per heavy atom. The summed E-state index contributed by atoms with van der Waals surface area (Å²) in [5, 5.41) is 13.6. The highest BCUT2D eigenvalue weighted by Gasteiger charge is 1.99. The van der Waals surface area contributed by atoms with Crippen LogP contribution in [0, 0.1) is 0 Å². The minimum atomic E-state index is 0.244. The molecule has 3 nitrogen and oxygen atoms in total. The minimum Gasteiger partial charge on any atom is -0.396 e. The topological polar surface area (TPSA) is 48.0 Å². The van der Waals surface area contributed by atoms with Crippen molar-refractivity contribution in [2.45, 2.75) is 19.4 Å². The monoisotopic (exact) mass is 280 g/mol. The fraction of sp³-hybridized carbons (Fsp3) is 0.222. The molecule has 0 saturated carbocycles. The van der Waals surface area contributed by atoms with E-state index < -0.39 is 0 Å². The number of aryl methyl sites for hydroxylation is 1. The number of nitrogens with one attached hydrogen (secondary N) is 2. The summed E-state index contributed by atoms with van der Waals surface area (Å²) < 4.78 is 0. The molecule has 21 heavy (non-hydrogen) atoms. The molecule has 1 aromatic heterocycles. The Morgan fingerprint density at radius 1 is 1.00 bits per heavy atom. The summed E-state index contributed by atoms with van der Waals surface area (Å²) in [4.78, 5) is 3.24. The number of hydrogen-bond acceptors (Lipinski definition) is 2. The summed E-state index contributed by atoms with van der Waals surface area (Å²) in [7, 11) is 0. The average molecular weight is 280 g/mol. The van der Waals surface area contributed by atoms with Gasteiger partial charge in [0.2, 0.25) is 0 Å². The maximum absolute atomic E-state index is 8.90. The van der Waals surface area contributed by atoms with Crippen LogP contribution in [-0.4, -0.2) is 16.7 Å². The first-order valence-electron chi connectivity index (χ1n) is 7.35. The van der Waals surface area contributed by atoms with Crippen molar-refractivity contribution >= 4 is 16.6 Å². The summed E-state index contributed by atoms with van der Waals surface area (Å²) in [5.41, 5.74) is 4.81. The number of aromatic nitrogens is 1. The van der Waals surface area contributed by atoms with Gasteiger partial charge in [-0.1, -0.05) is 24.3 Å². The maximum atomic E-state index is 8.90. The number of rotatable bonds is 6. The summed E-state index contributed by atoms with van der Waals surface area (Å²) in [6, 6.07) is 16.9. The van der Waals surface area contributed by atoms with E-state index in [-0.39, 0.29) is 6.61 Å². The Bertz CT molecular complexity index is 718. The number of hydrogen-bond donors (Lipinski definition) is 3. The van der Waals surface area contributed by atoms with Gasteiger partial charge >= 0.3 is 0 Å². The molecule has 0 radical (unpaired) electrons. The standard InChI is InChI=1S/C18H20N2O/c21-10-2-4-14-3-1-5-17(11-14)20-13-15-6-7-16-8-9-19-18(16)12-15/h1,3,5-9,11-12,19-21H,2,4,10,13H2. The minimum absolute atomic E-state index is 0.244. The van der Waals surface area contributed by atoms with E-state index in [0.29, 0.717) is 0 Å². The first-order valence-corrected chi connectivity index (χ1v) is 7.35. The maximum Gasteiger partial charge on any atom is 0.0457 e. The number of anilines is 1. The van der Waals surface area contributed by atoms with Crippen LogP contribution in [-0.2, 0) is 13.0 Å². The lowest BCUT2D eigenvalue weighted by Gasteiger charge is -2.09. The molecule has 0 spiro atoms. The molecule has 0 aliphatic heterocycles. The molecular formula is C18H20N2O. The zero-order valence-electron chi connectivity index (χ0n) is 12.0. The van der Waals surface area contributed by atoms with Gasteiger partial charge in [0.05, 0.1) is 0 Å². The van der Waals surface area contributed by atoms with Crippen LogP contribution in [0.25, 0.3) is 10.9 Å². The van der Waals surface area contributed by atoms with Crippen molar-refractivity contribution in [3.05, 3.63) is 65.9 Å². The predicted octanol–water partition coefficient (Wildman–Crippen LogP) is 3.70. The molecule has 3 N–H and O–H groups in total. The van der Waals surface area contributed by atoms with Gasteiger partial charge in [-0.25, -0.2) is 0 Å². The molecule has 1 heterocycles. The van der Waals surface area contributed by atoms with E-state index in [1.807, 2.05) is 6.20 Å². The molecule has 0 fully saturated rings. The van der Waals surface area contributed by atoms with E-state index in [2.05, 4.69) is 58.8 Å². The SMILES string of the molecule is OCCCc1cccc(NCc2ccc3cc[nH]c3c2)c1. The Labute approximate surface area is 124 Å². The Kier molecular flexibility index (Phi) is 4.22. The third kappa shape index (κ3) is 3.44. The van der Waals surface area contributed by atoms with E-state index >= 15 is 0 Å². The van der Waals surface area contributed by atoms with E-state index in [1.54, 1.807) is 0 Å². The van der Waals surface area contributed by atoms with Crippen molar-refractivity contribution < 1.29 is 5.11 Å². The third-order valence-electron chi connectivity index (χ3n) is 3.67. The van der Waals surface area contributed by atoms with Crippen molar-refractivity contribution in [1.82, 2.24) is 4.98 Å². The number of benzene rings is 2. The van der Waals surface area contributed by atoms with Crippen molar-refractivity contribution in [3.8, 4) is 0 Å². The first-order chi connectivity index (χ1) is 10.3. The molecule has 0 atom stereocenters. The molecule has 108 valence electrons. The van der Waals surface area contributed by atoms with Gasteiger partial charge in [0, 0.05) is 30.6 Å². The first kappa shape index (κ1) is 13.7. The zero-order chi connectivity index (χ0) is 14.5. The number of H-pyrrole nitrogens is 1. The van der Waals surface area contributed by atoms with E-state index in [4.69, 9.17) is 5.11 Å². The smallest absolute Gasteiger partial charge is 0.0457 e. The summed E-state index contributed by atoms with van der Waals surface area (Å²) in [5.74, 6) is 0. The second-order valence-electron chi connectivity index (χ2n) is 5.28. The van der Waals surface area contributed by atoms with E-state index in [1.165, 1.54) is 22.0 Å². The molecule has 0 saturated heterocycles. The van der Waals surface area contributed by atoms with Crippen LogP contribution in [0.3, 0.4) is 0 Å². The molecule has 0 unspecified atom stereocenters. The van der Waals surface area contributed by atoms with Crippen LogP contribution in [0.4, 0.5) is 5.69 Å². The molecule has 3 rings (SSSR count). The van der Waals surface area contributed by atoms with Crippen LogP contribution in [0.1, 0.15) is 17.5 Å². The molecule has 3 aromatic rings. The van der Waals surface area contributed by atoms with Gasteiger partial charge in [-0.15, -0.1) is 0 Å². The normalized spacial score (nSPS) is 10.9.